The third-order valence-corrected chi connectivity index (χ3v) is 1.99. The van der Waals surface area contributed by atoms with Crippen molar-refractivity contribution in [3.63, 3.8) is 0 Å². The van der Waals surface area contributed by atoms with Gasteiger partial charge < -0.3 is 5.73 Å². The fraction of sp³-hybridized carbons (Fsp3) is 0.100. The molecular formula is C10H11N5O. The van der Waals surface area contributed by atoms with Gasteiger partial charge in [0.1, 0.15) is 5.82 Å². The van der Waals surface area contributed by atoms with Crippen molar-refractivity contribution < 1.29 is 4.79 Å². The normalized spacial score (nSPS) is 10.1. The van der Waals surface area contributed by atoms with Crippen molar-refractivity contribution in [3.05, 3.63) is 41.7 Å². The van der Waals surface area contributed by atoms with Crippen LogP contribution in [0.2, 0.25) is 0 Å². The molecule has 2 rings (SSSR count). The van der Waals surface area contributed by atoms with E-state index in [2.05, 4.69) is 20.5 Å². The molecule has 1 aromatic heterocycles. The molecular weight excluding hydrogens is 206 g/mol. The summed E-state index contributed by atoms with van der Waals surface area (Å²) in [7, 11) is 0. The Morgan fingerprint density at radius 2 is 2.12 bits per heavy atom. The second-order valence-electron chi connectivity index (χ2n) is 3.13. The molecule has 0 aliphatic heterocycles. The first kappa shape index (κ1) is 10.3. The van der Waals surface area contributed by atoms with Crippen molar-refractivity contribution in [3.8, 4) is 0 Å². The number of nitrogens with one attached hydrogen (secondary N) is 2. The van der Waals surface area contributed by atoms with Crippen LogP contribution in [0.4, 0.5) is 5.95 Å². The molecule has 0 radical (unpaired) electrons. The Hall–Kier alpha value is -2.21. The van der Waals surface area contributed by atoms with Crippen LogP contribution in [-0.4, -0.2) is 21.1 Å². The fourth-order valence-electron chi connectivity index (χ4n) is 1.21. The number of aromatic amines is 1. The topological polar surface area (TPSA) is 96.7 Å². The second-order valence-corrected chi connectivity index (χ2v) is 3.13. The van der Waals surface area contributed by atoms with Crippen LogP contribution in [0.5, 0.6) is 0 Å². The number of hydrogen-bond donors (Lipinski definition) is 3. The van der Waals surface area contributed by atoms with Crippen molar-refractivity contribution >= 4 is 11.9 Å². The first-order valence-corrected chi connectivity index (χ1v) is 4.77. The van der Waals surface area contributed by atoms with E-state index < -0.39 is 0 Å². The molecule has 0 saturated carbocycles. The number of nitrogens with two attached hydrogens (primary N) is 1. The van der Waals surface area contributed by atoms with Crippen molar-refractivity contribution in [1.29, 1.82) is 0 Å². The van der Waals surface area contributed by atoms with Gasteiger partial charge in [0.25, 0.3) is 5.91 Å². The summed E-state index contributed by atoms with van der Waals surface area (Å²) in [6, 6.07) is 8.85. The predicted molar refractivity (Wildman–Crippen MR) is 58.7 cm³/mol. The smallest absolute Gasteiger partial charge is 0.258 e. The lowest BCUT2D eigenvalue weighted by Crippen LogP contribution is -2.12. The molecule has 0 saturated heterocycles. The van der Waals surface area contributed by atoms with E-state index in [-0.39, 0.29) is 18.4 Å². The Morgan fingerprint density at radius 3 is 2.75 bits per heavy atom. The molecule has 82 valence electrons. The summed E-state index contributed by atoms with van der Waals surface area (Å²) < 4.78 is 0. The van der Waals surface area contributed by atoms with E-state index in [1.165, 1.54) is 0 Å². The summed E-state index contributed by atoms with van der Waals surface area (Å²) in [6.07, 6.45) is 0. The van der Waals surface area contributed by atoms with Gasteiger partial charge in [-0.25, -0.2) is 0 Å². The average molecular weight is 217 g/mol. The molecule has 0 aliphatic rings. The van der Waals surface area contributed by atoms with E-state index in [4.69, 9.17) is 5.73 Å². The van der Waals surface area contributed by atoms with Crippen molar-refractivity contribution in [1.82, 2.24) is 15.2 Å². The van der Waals surface area contributed by atoms with Gasteiger partial charge in [0.05, 0.1) is 6.54 Å². The molecule has 0 atom stereocenters. The van der Waals surface area contributed by atoms with E-state index >= 15 is 0 Å². The zero-order valence-electron chi connectivity index (χ0n) is 8.47. The van der Waals surface area contributed by atoms with E-state index in [1.807, 2.05) is 6.07 Å². The van der Waals surface area contributed by atoms with Crippen LogP contribution >= 0.6 is 0 Å². The predicted octanol–water partition coefficient (Wildman–Crippen LogP) is 0.516. The Balaban J connectivity index is 2.08. The summed E-state index contributed by atoms with van der Waals surface area (Å²) in [5.41, 5.74) is 5.92. The first-order valence-electron chi connectivity index (χ1n) is 4.77. The van der Waals surface area contributed by atoms with Crippen LogP contribution in [0.25, 0.3) is 0 Å². The molecule has 1 amide bonds. The third-order valence-electron chi connectivity index (χ3n) is 1.99. The number of carbonyl (C=O) groups is 1. The molecule has 6 nitrogen and oxygen atoms in total. The maximum absolute atomic E-state index is 11.7. The number of amides is 1. The molecule has 0 fully saturated rings. The standard InChI is InChI=1S/C10H11N5O/c11-6-8-12-10(15-14-8)13-9(16)7-4-2-1-3-5-7/h1-5H,6,11H2,(H2,12,13,14,15,16). The lowest BCUT2D eigenvalue weighted by atomic mass is 10.2. The average Bonchev–Trinajstić information content (AvgIpc) is 2.78. The summed E-state index contributed by atoms with van der Waals surface area (Å²) in [5, 5.41) is 8.98. The maximum atomic E-state index is 11.7. The van der Waals surface area contributed by atoms with Crippen LogP contribution < -0.4 is 11.1 Å². The largest absolute Gasteiger partial charge is 0.324 e. The number of benzene rings is 1. The first-order chi connectivity index (χ1) is 7.79. The van der Waals surface area contributed by atoms with Gasteiger partial charge in [-0.2, -0.15) is 4.98 Å². The molecule has 1 heterocycles. The van der Waals surface area contributed by atoms with Gasteiger partial charge in [-0.05, 0) is 12.1 Å². The quantitative estimate of drug-likeness (QED) is 0.698. The number of rotatable bonds is 3. The van der Waals surface area contributed by atoms with Crippen LogP contribution in [0.3, 0.4) is 0 Å². The van der Waals surface area contributed by atoms with Gasteiger partial charge in [-0.15, -0.1) is 5.10 Å². The second kappa shape index (κ2) is 4.54. The molecule has 16 heavy (non-hydrogen) atoms. The number of hydrogen-bond acceptors (Lipinski definition) is 4. The zero-order chi connectivity index (χ0) is 11.4. The van der Waals surface area contributed by atoms with Gasteiger partial charge in [-0.1, -0.05) is 18.2 Å². The van der Waals surface area contributed by atoms with Gasteiger partial charge in [0, 0.05) is 5.56 Å². The highest BCUT2D eigenvalue weighted by Crippen LogP contribution is 2.03. The Morgan fingerprint density at radius 1 is 1.38 bits per heavy atom. The molecule has 0 unspecified atom stereocenters. The van der Waals surface area contributed by atoms with Gasteiger partial charge in [-0.3, -0.25) is 15.2 Å². The highest BCUT2D eigenvalue weighted by Gasteiger charge is 2.08. The molecule has 0 spiro atoms. The summed E-state index contributed by atoms with van der Waals surface area (Å²) in [5.74, 6) is 0.515. The Bertz CT molecular complexity index is 479. The number of anilines is 1. The van der Waals surface area contributed by atoms with E-state index in [0.29, 0.717) is 11.4 Å². The Kier molecular flexibility index (Phi) is 2.93. The molecule has 1 aromatic carbocycles. The monoisotopic (exact) mass is 217 g/mol. The van der Waals surface area contributed by atoms with E-state index in [9.17, 15) is 4.79 Å². The summed E-state index contributed by atoms with van der Waals surface area (Å²) >= 11 is 0. The van der Waals surface area contributed by atoms with Gasteiger partial charge >= 0.3 is 0 Å². The minimum Gasteiger partial charge on any atom is -0.324 e. The zero-order valence-corrected chi connectivity index (χ0v) is 8.47. The highest BCUT2D eigenvalue weighted by atomic mass is 16.1. The SMILES string of the molecule is NCc1nc(NC(=O)c2ccccc2)n[nH]1. The van der Waals surface area contributed by atoms with Crippen LogP contribution in [-0.2, 0) is 6.54 Å². The van der Waals surface area contributed by atoms with Crippen LogP contribution in [0.15, 0.2) is 30.3 Å². The minimum absolute atomic E-state index is 0.231. The number of nitrogens with zero attached hydrogens (tertiary/aromatic N) is 2. The molecule has 4 N–H and O–H groups in total. The number of aromatic nitrogens is 3. The molecule has 2 aromatic rings. The van der Waals surface area contributed by atoms with E-state index in [1.54, 1.807) is 24.3 Å². The van der Waals surface area contributed by atoms with Gasteiger partial charge in [0.2, 0.25) is 5.95 Å². The lowest BCUT2D eigenvalue weighted by Gasteiger charge is -1.99. The molecule has 0 aliphatic carbocycles. The summed E-state index contributed by atoms with van der Waals surface area (Å²) in [6.45, 7) is 0.258. The van der Waals surface area contributed by atoms with Crippen LogP contribution in [0.1, 0.15) is 16.2 Å². The molecule has 6 heteroatoms. The minimum atomic E-state index is -0.247. The van der Waals surface area contributed by atoms with Crippen molar-refractivity contribution in [2.45, 2.75) is 6.54 Å². The van der Waals surface area contributed by atoms with Crippen molar-refractivity contribution in [2.24, 2.45) is 5.73 Å². The molecule has 0 bridgehead atoms. The number of carbonyl (C=O) groups excluding carboxylic acids is 1. The Labute approximate surface area is 91.9 Å². The van der Waals surface area contributed by atoms with Crippen molar-refractivity contribution in [2.75, 3.05) is 5.32 Å². The lowest BCUT2D eigenvalue weighted by molar-refractivity contribution is 0.102. The van der Waals surface area contributed by atoms with Gasteiger partial charge in [0.15, 0.2) is 0 Å². The maximum Gasteiger partial charge on any atom is 0.258 e. The third kappa shape index (κ3) is 2.23. The fourth-order valence-corrected chi connectivity index (χ4v) is 1.21. The highest BCUT2D eigenvalue weighted by molar-refractivity contribution is 6.03. The van der Waals surface area contributed by atoms with Crippen LogP contribution in [0, 0.1) is 0 Å². The number of H-pyrrole nitrogens is 1. The van der Waals surface area contributed by atoms with E-state index in [0.717, 1.165) is 0 Å². The summed E-state index contributed by atoms with van der Waals surface area (Å²) in [4.78, 5) is 15.6.